The highest BCUT2D eigenvalue weighted by Gasteiger charge is 2.34. The molecule has 0 radical (unpaired) electrons. The van der Waals surface area contributed by atoms with E-state index in [2.05, 4.69) is 5.32 Å². The molecule has 0 aliphatic heterocycles. The fourth-order valence-corrected chi connectivity index (χ4v) is 3.26. The van der Waals surface area contributed by atoms with Gasteiger partial charge in [-0.3, -0.25) is 4.79 Å². The first-order chi connectivity index (χ1) is 15.1. The molecule has 168 valence electrons. The smallest absolute Gasteiger partial charge is 0.394 e. The van der Waals surface area contributed by atoms with E-state index in [-0.39, 0.29) is 17.7 Å². The lowest BCUT2D eigenvalue weighted by molar-refractivity contribution is -0.138. The first-order valence-electron chi connectivity index (χ1n) is 10.2. The molecule has 0 aliphatic carbocycles. The third kappa shape index (κ3) is 5.75. The zero-order chi connectivity index (χ0) is 23.4. The van der Waals surface area contributed by atoms with Gasteiger partial charge in [-0.15, -0.1) is 0 Å². The quantitative estimate of drug-likeness (QED) is 0.492. The summed E-state index contributed by atoms with van der Waals surface area (Å²) in [6.07, 6.45) is -3.94. The Labute approximate surface area is 184 Å². The number of amides is 1. The number of aliphatic hydroxyl groups is 1. The van der Waals surface area contributed by atoms with Crippen molar-refractivity contribution in [3.8, 4) is 11.1 Å². The molecule has 0 saturated heterocycles. The lowest BCUT2D eigenvalue weighted by Crippen LogP contribution is -2.51. The molecule has 0 spiro atoms. The molecule has 0 unspecified atom stereocenters. The van der Waals surface area contributed by atoms with Crippen LogP contribution >= 0.6 is 0 Å². The fourth-order valence-electron chi connectivity index (χ4n) is 3.26. The van der Waals surface area contributed by atoms with Gasteiger partial charge in [0.2, 0.25) is 5.91 Å². The SMILES string of the molecule is C[C@](N)(CO)C(=O)Nc1ccc(CCc2ccc(-c3ccccc3)cc2)c(C(F)(F)F)c1. The van der Waals surface area contributed by atoms with Gasteiger partial charge < -0.3 is 16.2 Å². The van der Waals surface area contributed by atoms with Gasteiger partial charge in [-0.05, 0) is 54.2 Å². The van der Waals surface area contributed by atoms with Crippen molar-refractivity contribution in [1.82, 2.24) is 0 Å². The molecule has 0 aliphatic rings. The number of benzene rings is 3. The van der Waals surface area contributed by atoms with Crippen molar-refractivity contribution in [3.63, 3.8) is 0 Å². The molecule has 0 bridgehead atoms. The molecule has 3 rings (SSSR count). The van der Waals surface area contributed by atoms with E-state index in [1.807, 2.05) is 54.6 Å². The minimum absolute atomic E-state index is 0.0246. The Bertz CT molecular complexity index is 1060. The van der Waals surface area contributed by atoms with Gasteiger partial charge in [0.1, 0.15) is 5.54 Å². The van der Waals surface area contributed by atoms with Crippen molar-refractivity contribution in [2.24, 2.45) is 5.73 Å². The molecule has 0 heterocycles. The first-order valence-corrected chi connectivity index (χ1v) is 10.2. The van der Waals surface area contributed by atoms with E-state index in [9.17, 15) is 18.0 Å². The highest BCUT2D eigenvalue weighted by atomic mass is 19.4. The summed E-state index contributed by atoms with van der Waals surface area (Å²) < 4.78 is 41.0. The average molecular weight is 442 g/mol. The van der Waals surface area contributed by atoms with E-state index < -0.39 is 29.8 Å². The number of hydrogen-bond donors (Lipinski definition) is 3. The van der Waals surface area contributed by atoms with Gasteiger partial charge in [-0.1, -0.05) is 60.7 Å². The van der Waals surface area contributed by atoms with Crippen molar-refractivity contribution >= 4 is 11.6 Å². The van der Waals surface area contributed by atoms with Gasteiger partial charge in [0.15, 0.2) is 0 Å². The number of aliphatic hydroxyl groups excluding tert-OH is 1. The van der Waals surface area contributed by atoms with Crippen LogP contribution in [-0.2, 0) is 23.8 Å². The van der Waals surface area contributed by atoms with Crippen LogP contribution in [0.25, 0.3) is 11.1 Å². The number of alkyl halides is 3. The second kappa shape index (κ2) is 9.54. The van der Waals surface area contributed by atoms with Gasteiger partial charge in [0.25, 0.3) is 0 Å². The van der Waals surface area contributed by atoms with Gasteiger partial charge in [-0.2, -0.15) is 13.2 Å². The maximum absolute atomic E-state index is 13.7. The number of anilines is 1. The van der Waals surface area contributed by atoms with Crippen LogP contribution in [0.15, 0.2) is 72.8 Å². The lowest BCUT2D eigenvalue weighted by atomic mass is 9.97. The Morgan fingerprint density at radius 3 is 2.16 bits per heavy atom. The van der Waals surface area contributed by atoms with Gasteiger partial charge in [0.05, 0.1) is 12.2 Å². The number of carbonyl (C=O) groups is 1. The average Bonchev–Trinajstić information content (AvgIpc) is 2.78. The van der Waals surface area contributed by atoms with Crippen LogP contribution in [0.4, 0.5) is 18.9 Å². The molecule has 32 heavy (non-hydrogen) atoms. The van der Waals surface area contributed by atoms with Gasteiger partial charge in [-0.25, -0.2) is 0 Å². The third-order valence-electron chi connectivity index (χ3n) is 5.26. The van der Waals surface area contributed by atoms with Gasteiger partial charge in [0, 0.05) is 5.69 Å². The summed E-state index contributed by atoms with van der Waals surface area (Å²) in [4.78, 5) is 12.1. The van der Waals surface area contributed by atoms with E-state index in [1.54, 1.807) is 0 Å². The van der Waals surface area contributed by atoms with Crippen LogP contribution in [0.3, 0.4) is 0 Å². The third-order valence-corrected chi connectivity index (χ3v) is 5.26. The standard InChI is InChI=1S/C25H25F3N2O2/c1-24(29,16-31)23(32)30-21-14-13-20(22(15-21)25(26,27)28)12-9-17-7-10-19(11-8-17)18-5-3-2-4-6-18/h2-8,10-11,13-15,31H,9,12,16,29H2,1H3,(H,30,32)/t24-/m0/s1. The summed E-state index contributed by atoms with van der Waals surface area (Å²) in [6, 6.07) is 21.3. The molecule has 0 saturated carbocycles. The molecule has 7 heteroatoms. The number of nitrogens with one attached hydrogen (secondary N) is 1. The van der Waals surface area contributed by atoms with Crippen LogP contribution in [0, 0.1) is 0 Å². The van der Waals surface area contributed by atoms with Crippen LogP contribution in [0.1, 0.15) is 23.6 Å². The molecular formula is C25H25F3N2O2. The Kier molecular flexibility index (Phi) is 7.01. The van der Waals surface area contributed by atoms with E-state index in [1.165, 1.54) is 19.1 Å². The predicted octanol–water partition coefficient (Wildman–Crippen LogP) is 4.81. The number of hydrogen-bond acceptors (Lipinski definition) is 3. The Hall–Kier alpha value is -3.16. The van der Waals surface area contributed by atoms with Gasteiger partial charge >= 0.3 is 6.18 Å². The van der Waals surface area contributed by atoms with Crippen LogP contribution < -0.4 is 11.1 Å². The maximum Gasteiger partial charge on any atom is 0.416 e. The van der Waals surface area contributed by atoms with Crippen LogP contribution in [0.2, 0.25) is 0 Å². The monoisotopic (exact) mass is 442 g/mol. The molecule has 0 aromatic heterocycles. The van der Waals surface area contributed by atoms with E-state index in [0.717, 1.165) is 22.8 Å². The minimum Gasteiger partial charge on any atom is -0.394 e. The highest BCUT2D eigenvalue weighted by molar-refractivity contribution is 5.97. The van der Waals surface area contributed by atoms with Crippen molar-refractivity contribution in [2.75, 3.05) is 11.9 Å². The van der Waals surface area contributed by atoms with Crippen LogP contribution in [-0.4, -0.2) is 23.2 Å². The summed E-state index contributed by atoms with van der Waals surface area (Å²) in [5, 5.41) is 11.5. The zero-order valence-corrected chi connectivity index (χ0v) is 17.6. The largest absolute Gasteiger partial charge is 0.416 e. The van der Waals surface area contributed by atoms with E-state index in [4.69, 9.17) is 10.8 Å². The molecule has 1 atom stereocenters. The minimum atomic E-state index is -4.57. The number of halogens is 3. The molecule has 1 amide bonds. The molecule has 3 aromatic rings. The predicted molar refractivity (Wildman–Crippen MR) is 119 cm³/mol. The van der Waals surface area contributed by atoms with E-state index >= 15 is 0 Å². The number of nitrogens with two attached hydrogens (primary N) is 1. The molecule has 4 nitrogen and oxygen atoms in total. The molecular weight excluding hydrogens is 417 g/mol. The summed E-state index contributed by atoms with van der Waals surface area (Å²) in [5.74, 6) is -0.764. The maximum atomic E-state index is 13.7. The normalized spacial score (nSPS) is 13.4. The lowest BCUT2D eigenvalue weighted by Gasteiger charge is -2.21. The molecule has 3 aromatic carbocycles. The van der Waals surface area contributed by atoms with E-state index in [0.29, 0.717) is 6.42 Å². The summed E-state index contributed by atoms with van der Waals surface area (Å²) in [7, 11) is 0. The topological polar surface area (TPSA) is 75.3 Å². The summed E-state index contributed by atoms with van der Waals surface area (Å²) in [6.45, 7) is 0.663. The second-order valence-electron chi connectivity index (χ2n) is 7.96. The first kappa shape index (κ1) is 23.5. The van der Waals surface area contributed by atoms with Crippen molar-refractivity contribution in [2.45, 2.75) is 31.5 Å². The fraction of sp³-hybridized carbons (Fsp3) is 0.240. The summed E-state index contributed by atoms with van der Waals surface area (Å²) >= 11 is 0. The zero-order valence-electron chi connectivity index (χ0n) is 17.6. The highest BCUT2D eigenvalue weighted by Crippen LogP contribution is 2.34. The molecule has 0 fully saturated rings. The Balaban J connectivity index is 1.75. The van der Waals surface area contributed by atoms with Crippen molar-refractivity contribution in [3.05, 3.63) is 89.5 Å². The van der Waals surface area contributed by atoms with Crippen molar-refractivity contribution in [1.29, 1.82) is 0 Å². The number of aryl methyl sites for hydroxylation is 2. The molecule has 4 N–H and O–H groups in total. The number of carbonyl (C=O) groups excluding carboxylic acids is 1. The van der Waals surface area contributed by atoms with Crippen molar-refractivity contribution < 1.29 is 23.1 Å². The van der Waals surface area contributed by atoms with Crippen LogP contribution in [0.5, 0.6) is 0 Å². The Morgan fingerprint density at radius 1 is 0.938 bits per heavy atom. The second-order valence-corrected chi connectivity index (χ2v) is 7.96. The summed E-state index contributed by atoms with van der Waals surface area (Å²) in [5.41, 5.74) is 6.39. The number of rotatable bonds is 7. The Morgan fingerprint density at radius 2 is 1.56 bits per heavy atom.